The standard InChI is InChI=1S/C31H33ClFN7O2S/c1-19(33)30(41)40-14-13-39(17-21(40)10-11-34)29-24-16-25(32)26(23-9-3-6-20-7-5-15-43-27(20)23)35-28(24)36-31(37-29)42-18-22-8-4-12-38(22)2/h3,6,9,16,21-22H,1,4-5,7-8,10,12-15,17-18H2,2H3/t21-,22-/m0/s1. The number of likely N-dealkylation sites (tertiary alicyclic amines) is 1. The monoisotopic (exact) mass is 621 g/mol. The number of thioether (sulfide) groups is 1. The first-order valence-electron chi connectivity index (χ1n) is 14.6. The fourth-order valence-corrected chi connectivity index (χ4v) is 7.60. The minimum atomic E-state index is -1.04. The molecule has 1 aromatic carbocycles. The Morgan fingerprint density at radius 1 is 1.23 bits per heavy atom. The predicted molar refractivity (Wildman–Crippen MR) is 166 cm³/mol. The lowest BCUT2D eigenvalue weighted by Gasteiger charge is -2.41. The number of aromatic nitrogens is 3. The first-order valence-corrected chi connectivity index (χ1v) is 15.9. The quantitative estimate of drug-likeness (QED) is 0.327. The highest BCUT2D eigenvalue weighted by atomic mass is 35.5. The van der Waals surface area contributed by atoms with Crippen molar-refractivity contribution in [3.63, 3.8) is 0 Å². The number of carbonyl (C=O) groups is 1. The predicted octanol–water partition coefficient (Wildman–Crippen LogP) is 5.27. The highest BCUT2D eigenvalue weighted by Crippen LogP contribution is 2.41. The van der Waals surface area contributed by atoms with Crippen LogP contribution in [0.4, 0.5) is 10.2 Å². The van der Waals surface area contributed by atoms with Gasteiger partial charge in [-0.15, -0.1) is 11.8 Å². The van der Waals surface area contributed by atoms with Crippen molar-refractivity contribution >= 4 is 46.1 Å². The third-order valence-electron chi connectivity index (χ3n) is 8.47. The molecule has 2 saturated heterocycles. The van der Waals surface area contributed by atoms with Crippen LogP contribution in [0.2, 0.25) is 5.02 Å². The first-order chi connectivity index (χ1) is 20.8. The topological polar surface area (TPSA) is 98.5 Å². The summed E-state index contributed by atoms with van der Waals surface area (Å²) in [7, 11) is 2.09. The van der Waals surface area contributed by atoms with Gasteiger partial charge in [-0.2, -0.15) is 15.2 Å². The minimum Gasteiger partial charge on any atom is -0.462 e. The van der Waals surface area contributed by atoms with Gasteiger partial charge in [-0.05, 0) is 56.7 Å². The lowest BCUT2D eigenvalue weighted by molar-refractivity contribution is -0.131. The molecule has 0 saturated carbocycles. The van der Waals surface area contributed by atoms with Crippen molar-refractivity contribution in [2.24, 2.45) is 0 Å². The SMILES string of the molecule is C=C(F)C(=O)N1CCN(c2nc(OC[C@@H]3CCCN3C)nc3nc(-c4cccc5c4SCCC5)c(Cl)cc23)C[C@@H]1CC#N. The lowest BCUT2D eigenvalue weighted by Crippen LogP contribution is -2.55. The summed E-state index contributed by atoms with van der Waals surface area (Å²) in [5.41, 5.74) is 3.39. The van der Waals surface area contributed by atoms with E-state index in [9.17, 15) is 14.4 Å². The summed E-state index contributed by atoms with van der Waals surface area (Å²) < 4.78 is 20.0. The number of likely N-dealkylation sites (N-methyl/N-ethyl adjacent to an activating group) is 1. The Kier molecular flexibility index (Phi) is 8.71. The second kappa shape index (κ2) is 12.6. The van der Waals surface area contributed by atoms with Crippen LogP contribution in [0.1, 0.15) is 31.2 Å². The molecule has 3 aliphatic heterocycles. The summed E-state index contributed by atoms with van der Waals surface area (Å²) in [6.07, 6.45) is 4.35. The van der Waals surface area contributed by atoms with Crippen LogP contribution in [-0.4, -0.2) is 88.3 Å². The van der Waals surface area contributed by atoms with E-state index in [1.165, 1.54) is 15.4 Å². The zero-order valence-corrected chi connectivity index (χ0v) is 25.6. The Bertz CT molecular complexity index is 1620. The molecule has 0 spiro atoms. The summed E-state index contributed by atoms with van der Waals surface area (Å²) >= 11 is 8.77. The Balaban J connectivity index is 1.41. The van der Waals surface area contributed by atoms with E-state index in [4.69, 9.17) is 31.3 Å². The number of rotatable bonds is 7. The van der Waals surface area contributed by atoms with Crippen molar-refractivity contribution in [2.75, 3.05) is 50.5 Å². The Morgan fingerprint density at radius 2 is 2.09 bits per heavy atom. The maximum absolute atomic E-state index is 13.8. The summed E-state index contributed by atoms with van der Waals surface area (Å²) in [5.74, 6) is -0.237. The molecule has 2 atom stereocenters. The molecule has 6 rings (SSSR count). The molecular formula is C31H33ClFN7O2S. The van der Waals surface area contributed by atoms with Gasteiger partial charge < -0.3 is 19.4 Å². The molecule has 0 N–H and O–H groups in total. The number of aryl methyl sites for hydroxylation is 1. The van der Waals surface area contributed by atoms with Gasteiger partial charge in [0.15, 0.2) is 11.5 Å². The zero-order valence-electron chi connectivity index (χ0n) is 24.1. The number of halogens is 2. The number of piperazine rings is 1. The third kappa shape index (κ3) is 6.01. The van der Waals surface area contributed by atoms with Crippen molar-refractivity contribution in [3.05, 3.63) is 47.3 Å². The number of carbonyl (C=O) groups excluding carboxylic acids is 1. The van der Waals surface area contributed by atoms with Gasteiger partial charge in [0, 0.05) is 36.1 Å². The van der Waals surface area contributed by atoms with Crippen molar-refractivity contribution in [1.29, 1.82) is 5.26 Å². The van der Waals surface area contributed by atoms with E-state index in [0.29, 0.717) is 40.7 Å². The fourth-order valence-electron chi connectivity index (χ4n) is 6.18. The summed E-state index contributed by atoms with van der Waals surface area (Å²) in [5, 5.41) is 10.6. The number of fused-ring (bicyclic) bond motifs is 2. The number of benzene rings is 1. The van der Waals surface area contributed by atoms with Crippen LogP contribution in [0.5, 0.6) is 6.01 Å². The smallest absolute Gasteiger partial charge is 0.320 e. The molecule has 224 valence electrons. The molecule has 0 radical (unpaired) electrons. The molecule has 0 unspecified atom stereocenters. The third-order valence-corrected chi connectivity index (χ3v) is 10.0. The van der Waals surface area contributed by atoms with Crippen LogP contribution in [-0.2, 0) is 11.2 Å². The van der Waals surface area contributed by atoms with Crippen molar-refractivity contribution in [3.8, 4) is 23.3 Å². The van der Waals surface area contributed by atoms with Gasteiger partial charge in [0.05, 0.1) is 34.6 Å². The Morgan fingerprint density at radius 3 is 2.86 bits per heavy atom. The van der Waals surface area contributed by atoms with Crippen molar-refractivity contribution in [2.45, 2.75) is 49.1 Å². The van der Waals surface area contributed by atoms with Crippen molar-refractivity contribution in [1.82, 2.24) is 24.8 Å². The van der Waals surface area contributed by atoms with E-state index < -0.39 is 17.8 Å². The lowest BCUT2D eigenvalue weighted by atomic mass is 10.0. The summed E-state index contributed by atoms with van der Waals surface area (Å²) in [6, 6.07) is 10.2. The summed E-state index contributed by atoms with van der Waals surface area (Å²) in [6.45, 7) is 5.47. The van der Waals surface area contributed by atoms with Gasteiger partial charge in [-0.3, -0.25) is 4.79 Å². The molecule has 3 aromatic rings. The van der Waals surface area contributed by atoms with Gasteiger partial charge in [0.1, 0.15) is 12.4 Å². The van der Waals surface area contributed by atoms with Gasteiger partial charge in [0.2, 0.25) is 0 Å². The molecule has 43 heavy (non-hydrogen) atoms. The number of amides is 1. The molecule has 3 aliphatic rings. The first kappa shape index (κ1) is 29.6. The number of nitriles is 1. The fraction of sp³-hybridized carbons (Fsp3) is 0.452. The van der Waals surface area contributed by atoms with Gasteiger partial charge in [-0.1, -0.05) is 36.4 Å². The maximum atomic E-state index is 13.8. The number of anilines is 1. The van der Waals surface area contributed by atoms with E-state index in [1.54, 1.807) is 0 Å². The van der Waals surface area contributed by atoms with Crippen LogP contribution in [0.15, 0.2) is 41.6 Å². The summed E-state index contributed by atoms with van der Waals surface area (Å²) in [4.78, 5) is 33.9. The highest BCUT2D eigenvalue weighted by molar-refractivity contribution is 7.99. The van der Waals surface area contributed by atoms with E-state index in [2.05, 4.69) is 30.7 Å². The number of ether oxygens (including phenoxy) is 1. The molecule has 2 aromatic heterocycles. The van der Waals surface area contributed by atoms with Crippen LogP contribution in [0.3, 0.4) is 0 Å². The van der Waals surface area contributed by atoms with E-state index >= 15 is 0 Å². The molecule has 0 aliphatic carbocycles. The van der Waals surface area contributed by atoms with Gasteiger partial charge in [-0.25, -0.2) is 9.37 Å². The average Bonchev–Trinajstić information content (AvgIpc) is 3.43. The minimum absolute atomic E-state index is 0.0375. The molecular weight excluding hydrogens is 589 g/mol. The van der Waals surface area contributed by atoms with E-state index in [1.807, 2.05) is 34.9 Å². The van der Waals surface area contributed by atoms with Gasteiger partial charge >= 0.3 is 6.01 Å². The molecule has 0 bridgehead atoms. The van der Waals surface area contributed by atoms with Crippen LogP contribution >= 0.6 is 23.4 Å². The Labute approximate surface area is 259 Å². The van der Waals surface area contributed by atoms with Crippen LogP contribution in [0.25, 0.3) is 22.3 Å². The second-order valence-corrected chi connectivity index (χ2v) is 12.7. The highest BCUT2D eigenvalue weighted by Gasteiger charge is 2.34. The van der Waals surface area contributed by atoms with Crippen LogP contribution < -0.4 is 9.64 Å². The molecule has 9 nitrogen and oxygen atoms in total. The number of hydrogen-bond donors (Lipinski definition) is 0. The van der Waals surface area contributed by atoms with Crippen LogP contribution in [0, 0.1) is 11.3 Å². The number of hydrogen-bond acceptors (Lipinski definition) is 9. The molecule has 5 heterocycles. The Hall–Kier alpha value is -3.46. The zero-order chi connectivity index (χ0) is 30.1. The maximum Gasteiger partial charge on any atom is 0.320 e. The van der Waals surface area contributed by atoms with Gasteiger partial charge in [0.25, 0.3) is 5.91 Å². The van der Waals surface area contributed by atoms with E-state index in [0.717, 1.165) is 43.5 Å². The number of pyridine rings is 1. The number of nitrogens with zero attached hydrogens (tertiary/aromatic N) is 7. The van der Waals surface area contributed by atoms with Crippen molar-refractivity contribution < 1.29 is 13.9 Å². The normalized spacial score (nSPS) is 20.6. The average molecular weight is 622 g/mol. The molecule has 2 fully saturated rings. The second-order valence-electron chi connectivity index (χ2n) is 11.2. The largest absolute Gasteiger partial charge is 0.462 e. The van der Waals surface area contributed by atoms with E-state index in [-0.39, 0.29) is 31.6 Å². The molecule has 1 amide bonds. The molecule has 12 heteroatoms.